The molecule has 0 fully saturated rings. The molecule has 1 nitrogen and oxygen atoms in total. The molecular weight excluding hydrogens is 236 g/mol. The molecule has 0 aliphatic heterocycles. The molecule has 0 aliphatic rings. The molecule has 1 N–H and O–H groups in total. The maximum Gasteiger partial charge on any atom is 0.126 e. The van der Waals surface area contributed by atoms with Crippen molar-refractivity contribution in [3.05, 3.63) is 40.1 Å². The summed E-state index contributed by atoms with van der Waals surface area (Å²) in [5.41, 5.74) is 1.58. The molecular formula is C11H12Cl2FN. The summed E-state index contributed by atoms with van der Waals surface area (Å²) in [6.07, 6.45) is 0.878. The predicted octanol–water partition coefficient (Wildman–Crippen LogP) is 4.51. The lowest BCUT2D eigenvalue weighted by Crippen LogP contribution is -2.04. The highest BCUT2D eigenvalue weighted by Crippen LogP contribution is 2.31. The number of nitrogens with one attached hydrogen (secondary N) is 1. The quantitative estimate of drug-likeness (QED) is 0.773. The zero-order valence-corrected chi connectivity index (χ0v) is 9.92. The summed E-state index contributed by atoms with van der Waals surface area (Å²) in [5.74, 6) is -0.440. The molecule has 1 aromatic rings. The van der Waals surface area contributed by atoms with Crippen LogP contribution in [0.3, 0.4) is 0 Å². The van der Waals surface area contributed by atoms with Crippen molar-refractivity contribution in [1.29, 1.82) is 0 Å². The molecule has 82 valence electrons. The lowest BCUT2D eigenvalue weighted by Gasteiger charge is -2.11. The summed E-state index contributed by atoms with van der Waals surface area (Å²) in [6, 6.07) is 2.45. The van der Waals surface area contributed by atoms with Crippen LogP contribution in [0.15, 0.2) is 24.3 Å². The van der Waals surface area contributed by atoms with Gasteiger partial charge in [0.15, 0.2) is 0 Å². The molecule has 0 amide bonds. The zero-order valence-electron chi connectivity index (χ0n) is 8.41. The first-order valence-electron chi connectivity index (χ1n) is 4.59. The summed E-state index contributed by atoms with van der Waals surface area (Å²) in [4.78, 5) is 0. The Hall–Kier alpha value is -0.730. The second-order valence-electron chi connectivity index (χ2n) is 3.20. The Kier molecular flexibility index (Phi) is 4.43. The summed E-state index contributed by atoms with van der Waals surface area (Å²) in [6.45, 7) is 6.44. The van der Waals surface area contributed by atoms with Crippen molar-refractivity contribution in [1.82, 2.24) is 0 Å². The van der Waals surface area contributed by atoms with Crippen LogP contribution in [-0.4, -0.2) is 6.54 Å². The van der Waals surface area contributed by atoms with E-state index in [1.54, 1.807) is 0 Å². The molecule has 4 heteroatoms. The van der Waals surface area contributed by atoms with E-state index in [2.05, 4.69) is 11.9 Å². The molecule has 0 aliphatic carbocycles. The Balaban J connectivity index is 2.81. The lowest BCUT2D eigenvalue weighted by molar-refractivity contribution is 0.628. The lowest BCUT2D eigenvalue weighted by atomic mass is 10.2. The van der Waals surface area contributed by atoms with Gasteiger partial charge in [0, 0.05) is 6.54 Å². The van der Waals surface area contributed by atoms with Gasteiger partial charge in [0.2, 0.25) is 0 Å². The van der Waals surface area contributed by atoms with Gasteiger partial charge >= 0.3 is 0 Å². The van der Waals surface area contributed by atoms with Gasteiger partial charge in [-0.2, -0.15) is 0 Å². The minimum atomic E-state index is -0.440. The van der Waals surface area contributed by atoms with E-state index in [1.807, 2.05) is 6.92 Å². The van der Waals surface area contributed by atoms with E-state index in [0.717, 1.165) is 12.0 Å². The molecule has 1 rings (SSSR count). The van der Waals surface area contributed by atoms with Crippen LogP contribution in [0, 0.1) is 5.82 Å². The highest BCUT2D eigenvalue weighted by molar-refractivity contribution is 6.39. The highest BCUT2D eigenvalue weighted by Gasteiger charge is 2.07. The van der Waals surface area contributed by atoms with Crippen molar-refractivity contribution in [2.24, 2.45) is 0 Å². The standard InChI is InChI=1S/C11H12Cl2FN/c1-3-7(2)6-15-11-9(12)4-8(14)5-10(11)13/h4-5,15H,2-3,6H2,1H3. The second-order valence-corrected chi connectivity index (χ2v) is 4.02. The van der Waals surface area contributed by atoms with Crippen LogP contribution in [0.25, 0.3) is 0 Å². The Morgan fingerprint density at radius 3 is 2.40 bits per heavy atom. The first-order valence-corrected chi connectivity index (χ1v) is 5.35. The fourth-order valence-corrected chi connectivity index (χ4v) is 1.64. The fraction of sp³-hybridized carbons (Fsp3) is 0.273. The Bertz CT molecular complexity index is 354. The number of benzene rings is 1. The van der Waals surface area contributed by atoms with E-state index in [-0.39, 0.29) is 10.0 Å². The second kappa shape index (κ2) is 5.38. The predicted molar refractivity (Wildman–Crippen MR) is 64.3 cm³/mol. The normalized spacial score (nSPS) is 10.1. The van der Waals surface area contributed by atoms with E-state index < -0.39 is 5.82 Å². The van der Waals surface area contributed by atoms with Gasteiger partial charge in [-0.3, -0.25) is 0 Å². The van der Waals surface area contributed by atoms with E-state index in [1.165, 1.54) is 12.1 Å². The first-order chi connectivity index (χ1) is 7.04. The average molecular weight is 248 g/mol. The first kappa shape index (κ1) is 12.3. The van der Waals surface area contributed by atoms with Crippen molar-refractivity contribution in [3.63, 3.8) is 0 Å². The molecule has 0 saturated heterocycles. The third kappa shape index (κ3) is 3.40. The molecule has 15 heavy (non-hydrogen) atoms. The molecule has 1 aromatic carbocycles. The number of anilines is 1. The molecule has 0 unspecified atom stereocenters. The van der Waals surface area contributed by atoms with Gasteiger partial charge in [-0.05, 0) is 18.6 Å². The zero-order chi connectivity index (χ0) is 11.4. The molecule has 0 saturated carbocycles. The average Bonchev–Trinajstić information content (AvgIpc) is 2.15. The third-order valence-electron chi connectivity index (χ3n) is 2.02. The van der Waals surface area contributed by atoms with Crippen LogP contribution in [0.1, 0.15) is 13.3 Å². The maximum atomic E-state index is 12.9. The monoisotopic (exact) mass is 247 g/mol. The number of hydrogen-bond acceptors (Lipinski definition) is 1. The van der Waals surface area contributed by atoms with Gasteiger partial charge < -0.3 is 5.32 Å². The van der Waals surface area contributed by atoms with Gasteiger partial charge in [0.05, 0.1) is 15.7 Å². The van der Waals surface area contributed by atoms with E-state index >= 15 is 0 Å². The SMILES string of the molecule is C=C(CC)CNc1c(Cl)cc(F)cc1Cl. The van der Waals surface area contributed by atoms with Gasteiger partial charge in [0.1, 0.15) is 5.82 Å². The van der Waals surface area contributed by atoms with Gasteiger partial charge in [-0.1, -0.05) is 42.3 Å². The van der Waals surface area contributed by atoms with Crippen LogP contribution in [0.4, 0.5) is 10.1 Å². The molecule has 0 bridgehead atoms. The van der Waals surface area contributed by atoms with Gasteiger partial charge in [-0.25, -0.2) is 4.39 Å². The molecule has 0 radical (unpaired) electrons. The van der Waals surface area contributed by atoms with Gasteiger partial charge in [-0.15, -0.1) is 0 Å². The van der Waals surface area contributed by atoms with Crippen LogP contribution in [0.2, 0.25) is 10.0 Å². The number of rotatable bonds is 4. The maximum absolute atomic E-state index is 12.9. The third-order valence-corrected chi connectivity index (χ3v) is 2.62. The van der Waals surface area contributed by atoms with Crippen LogP contribution in [-0.2, 0) is 0 Å². The van der Waals surface area contributed by atoms with E-state index in [9.17, 15) is 4.39 Å². The Morgan fingerprint density at radius 1 is 1.40 bits per heavy atom. The molecule has 0 atom stereocenters. The Morgan fingerprint density at radius 2 is 1.93 bits per heavy atom. The summed E-state index contributed by atoms with van der Waals surface area (Å²) in [7, 11) is 0. The Labute approximate surface area is 98.9 Å². The fourth-order valence-electron chi connectivity index (χ4n) is 1.05. The van der Waals surface area contributed by atoms with Crippen molar-refractivity contribution in [3.8, 4) is 0 Å². The summed E-state index contributed by atoms with van der Waals surface area (Å²) in [5, 5.41) is 3.59. The topological polar surface area (TPSA) is 12.0 Å². The minimum Gasteiger partial charge on any atom is -0.379 e. The number of halogens is 3. The summed E-state index contributed by atoms with van der Waals surface area (Å²) >= 11 is 11.7. The van der Waals surface area contributed by atoms with Crippen molar-refractivity contribution in [2.45, 2.75) is 13.3 Å². The van der Waals surface area contributed by atoms with E-state index in [0.29, 0.717) is 12.2 Å². The van der Waals surface area contributed by atoms with Crippen molar-refractivity contribution >= 4 is 28.9 Å². The van der Waals surface area contributed by atoms with Crippen LogP contribution in [0.5, 0.6) is 0 Å². The van der Waals surface area contributed by atoms with Crippen molar-refractivity contribution < 1.29 is 4.39 Å². The van der Waals surface area contributed by atoms with Crippen LogP contribution < -0.4 is 5.32 Å². The van der Waals surface area contributed by atoms with E-state index in [4.69, 9.17) is 23.2 Å². The largest absolute Gasteiger partial charge is 0.379 e. The smallest absolute Gasteiger partial charge is 0.126 e. The summed E-state index contributed by atoms with van der Waals surface area (Å²) < 4.78 is 12.9. The molecule has 0 heterocycles. The highest BCUT2D eigenvalue weighted by atomic mass is 35.5. The van der Waals surface area contributed by atoms with Crippen molar-refractivity contribution in [2.75, 3.05) is 11.9 Å². The molecule has 0 aromatic heterocycles. The van der Waals surface area contributed by atoms with Gasteiger partial charge in [0.25, 0.3) is 0 Å². The molecule has 0 spiro atoms. The number of hydrogen-bond donors (Lipinski definition) is 1. The van der Waals surface area contributed by atoms with Crippen LogP contribution >= 0.6 is 23.2 Å². The minimum absolute atomic E-state index is 0.281.